The van der Waals surface area contributed by atoms with E-state index in [4.69, 9.17) is 0 Å². The zero-order valence-electron chi connectivity index (χ0n) is 15.7. The van der Waals surface area contributed by atoms with E-state index >= 15 is 0 Å². The molecule has 2 aromatic carbocycles. The minimum atomic E-state index is -4.41. The highest BCUT2D eigenvalue weighted by molar-refractivity contribution is 7.89. The molecule has 158 valence electrons. The van der Waals surface area contributed by atoms with E-state index in [-0.39, 0.29) is 10.6 Å². The number of aromatic nitrogens is 1. The molecule has 0 atom stereocenters. The Morgan fingerprint density at radius 3 is 2.40 bits per heavy atom. The lowest BCUT2D eigenvalue weighted by Crippen LogP contribution is -2.27. The Labute approximate surface area is 176 Å². The maximum atomic E-state index is 12.9. The smallest absolute Gasteiger partial charge is 0.332 e. The van der Waals surface area contributed by atoms with Crippen molar-refractivity contribution in [1.82, 2.24) is 9.29 Å². The number of rotatable bonds is 5. The van der Waals surface area contributed by atoms with E-state index in [1.54, 1.807) is 29.6 Å². The molecule has 1 aliphatic heterocycles. The molecule has 0 spiro atoms. The number of benzene rings is 2. The molecule has 1 aromatic heterocycles. The fourth-order valence-electron chi connectivity index (χ4n) is 3.24. The van der Waals surface area contributed by atoms with Crippen molar-refractivity contribution in [3.63, 3.8) is 0 Å². The maximum Gasteiger partial charge on any atom is 0.416 e. The van der Waals surface area contributed by atoms with Crippen LogP contribution in [0, 0.1) is 0 Å². The number of halogens is 3. The predicted molar refractivity (Wildman–Crippen MR) is 110 cm³/mol. The van der Waals surface area contributed by atoms with Gasteiger partial charge in [0.1, 0.15) is 0 Å². The van der Waals surface area contributed by atoms with E-state index < -0.39 is 21.8 Å². The summed E-state index contributed by atoms with van der Waals surface area (Å²) in [6.45, 7) is 1.08. The molecule has 30 heavy (non-hydrogen) atoms. The summed E-state index contributed by atoms with van der Waals surface area (Å²) in [6, 6.07) is 11.4. The van der Waals surface area contributed by atoms with Gasteiger partial charge in [-0.05, 0) is 43.2 Å². The van der Waals surface area contributed by atoms with Crippen LogP contribution >= 0.6 is 11.3 Å². The Bertz CT molecular complexity index is 1140. The first-order valence-electron chi connectivity index (χ1n) is 9.24. The molecule has 1 aliphatic rings. The number of hydrogen-bond acceptors (Lipinski definition) is 5. The molecule has 0 bridgehead atoms. The van der Waals surface area contributed by atoms with E-state index in [1.165, 1.54) is 27.8 Å². The van der Waals surface area contributed by atoms with Crippen molar-refractivity contribution in [1.29, 1.82) is 0 Å². The summed E-state index contributed by atoms with van der Waals surface area (Å²) in [5, 5.41) is 5.09. The Kier molecular flexibility index (Phi) is 5.56. The first kappa shape index (κ1) is 20.8. The summed E-state index contributed by atoms with van der Waals surface area (Å²) in [7, 11) is -3.48. The second-order valence-corrected chi connectivity index (χ2v) is 9.67. The fourth-order valence-corrected chi connectivity index (χ4v) is 5.49. The molecule has 0 aliphatic carbocycles. The standard InChI is InChI=1S/C20H18F3N3O2S2/c21-20(22,23)15-4-3-5-16(12-15)24-19-25-18(13-29-19)14-6-8-17(9-7-14)30(27,28)26-10-1-2-11-26/h3-9,12-13H,1-2,10-11H2,(H,24,25). The van der Waals surface area contributed by atoms with Gasteiger partial charge in [-0.3, -0.25) is 0 Å². The number of hydrogen-bond donors (Lipinski definition) is 1. The third kappa shape index (κ3) is 4.35. The molecule has 0 radical (unpaired) electrons. The van der Waals surface area contributed by atoms with Gasteiger partial charge in [0.15, 0.2) is 5.13 Å². The minimum Gasteiger partial charge on any atom is -0.332 e. The molecule has 5 nitrogen and oxygen atoms in total. The van der Waals surface area contributed by atoms with E-state index in [0.717, 1.165) is 30.5 Å². The van der Waals surface area contributed by atoms with Gasteiger partial charge in [0, 0.05) is 29.7 Å². The number of sulfonamides is 1. The molecule has 1 fully saturated rings. The summed E-state index contributed by atoms with van der Waals surface area (Å²) in [6.07, 6.45) is -2.67. The van der Waals surface area contributed by atoms with Crippen LogP contribution in [-0.2, 0) is 16.2 Å². The third-order valence-corrected chi connectivity index (χ3v) is 7.47. The number of thiazole rings is 1. The average Bonchev–Trinajstić information content (AvgIpc) is 3.40. The Hall–Kier alpha value is -2.43. The summed E-state index contributed by atoms with van der Waals surface area (Å²) < 4.78 is 65.3. The SMILES string of the molecule is O=S(=O)(c1ccc(-c2csc(Nc3cccc(C(F)(F)F)c3)n2)cc1)N1CCCC1. The normalized spacial score (nSPS) is 15.4. The van der Waals surface area contributed by atoms with Crippen molar-refractivity contribution >= 4 is 32.2 Å². The highest BCUT2D eigenvalue weighted by Crippen LogP contribution is 2.33. The van der Waals surface area contributed by atoms with Crippen LogP contribution in [0.3, 0.4) is 0 Å². The summed E-state index contributed by atoms with van der Waals surface area (Å²) in [5.41, 5.74) is 0.889. The van der Waals surface area contributed by atoms with Crippen molar-refractivity contribution in [3.8, 4) is 11.3 Å². The molecule has 2 heterocycles. The zero-order valence-corrected chi connectivity index (χ0v) is 17.3. The maximum absolute atomic E-state index is 12.9. The van der Waals surface area contributed by atoms with Crippen LogP contribution in [0.2, 0.25) is 0 Å². The van der Waals surface area contributed by atoms with Crippen molar-refractivity contribution in [3.05, 3.63) is 59.5 Å². The molecule has 0 amide bonds. The number of nitrogens with zero attached hydrogens (tertiary/aromatic N) is 2. The van der Waals surface area contributed by atoms with E-state index in [2.05, 4.69) is 10.3 Å². The van der Waals surface area contributed by atoms with Gasteiger partial charge in [-0.15, -0.1) is 11.3 Å². The quantitative estimate of drug-likeness (QED) is 0.565. The largest absolute Gasteiger partial charge is 0.416 e. The molecular formula is C20H18F3N3O2S2. The predicted octanol–water partition coefficient (Wildman–Crippen LogP) is 5.36. The lowest BCUT2D eigenvalue weighted by molar-refractivity contribution is -0.137. The lowest BCUT2D eigenvalue weighted by atomic mass is 10.2. The van der Waals surface area contributed by atoms with Crippen LogP contribution in [-0.4, -0.2) is 30.8 Å². The van der Waals surface area contributed by atoms with Gasteiger partial charge in [0.2, 0.25) is 10.0 Å². The average molecular weight is 454 g/mol. The molecule has 1 saturated heterocycles. The third-order valence-electron chi connectivity index (χ3n) is 4.80. The van der Waals surface area contributed by atoms with E-state index in [1.807, 2.05) is 0 Å². The van der Waals surface area contributed by atoms with E-state index in [0.29, 0.717) is 23.9 Å². The number of nitrogens with one attached hydrogen (secondary N) is 1. The molecule has 0 unspecified atom stereocenters. The first-order chi connectivity index (χ1) is 14.2. The van der Waals surface area contributed by atoms with Gasteiger partial charge in [0.05, 0.1) is 16.2 Å². The van der Waals surface area contributed by atoms with Gasteiger partial charge >= 0.3 is 6.18 Å². The van der Waals surface area contributed by atoms with Crippen molar-refractivity contribution in [2.24, 2.45) is 0 Å². The second kappa shape index (κ2) is 8.01. The van der Waals surface area contributed by atoms with Crippen LogP contribution in [0.1, 0.15) is 18.4 Å². The molecule has 3 aromatic rings. The van der Waals surface area contributed by atoms with Crippen LogP contribution in [0.4, 0.5) is 24.0 Å². The van der Waals surface area contributed by atoms with Crippen LogP contribution in [0.25, 0.3) is 11.3 Å². The van der Waals surface area contributed by atoms with Crippen molar-refractivity contribution in [2.75, 3.05) is 18.4 Å². The highest BCUT2D eigenvalue weighted by atomic mass is 32.2. The van der Waals surface area contributed by atoms with E-state index in [9.17, 15) is 21.6 Å². The second-order valence-electron chi connectivity index (χ2n) is 6.88. The fraction of sp³-hybridized carbons (Fsp3) is 0.250. The van der Waals surface area contributed by atoms with Crippen molar-refractivity contribution < 1.29 is 21.6 Å². The molecule has 0 saturated carbocycles. The van der Waals surface area contributed by atoms with Crippen LogP contribution < -0.4 is 5.32 Å². The molecule has 1 N–H and O–H groups in total. The topological polar surface area (TPSA) is 62.3 Å². The van der Waals surface area contributed by atoms with Crippen LogP contribution in [0.15, 0.2) is 58.8 Å². The summed E-state index contributed by atoms with van der Waals surface area (Å²) >= 11 is 1.25. The number of alkyl halides is 3. The summed E-state index contributed by atoms with van der Waals surface area (Å²) in [4.78, 5) is 4.64. The lowest BCUT2D eigenvalue weighted by Gasteiger charge is -2.15. The molecule has 4 rings (SSSR count). The van der Waals surface area contributed by atoms with Gasteiger partial charge < -0.3 is 5.32 Å². The Morgan fingerprint density at radius 2 is 1.73 bits per heavy atom. The van der Waals surface area contributed by atoms with Crippen LogP contribution in [0.5, 0.6) is 0 Å². The summed E-state index contributed by atoms with van der Waals surface area (Å²) in [5.74, 6) is 0. The monoisotopic (exact) mass is 453 g/mol. The first-order valence-corrected chi connectivity index (χ1v) is 11.6. The number of anilines is 2. The van der Waals surface area contributed by atoms with Gasteiger partial charge in [-0.1, -0.05) is 18.2 Å². The highest BCUT2D eigenvalue weighted by Gasteiger charge is 2.30. The Morgan fingerprint density at radius 1 is 1.03 bits per heavy atom. The minimum absolute atomic E-state index is 0.241. The van der Waals surface area contributed by atoms with Gasteiger partial charge in [0.25, 0.3) is 0 Å². The Balaban J connectivity index is 1.50. The molecule has 10 heteroatoms. The zero-order chi connectivity index (χ0) is 21.4. The molecular weight excluding hydrogens is 435 g/mol. The van der Waals surface area contributed by atoms with Gasteiger partial charge in [-0.2, -0.15) is 17.5 Å². The van der Waals surface area contributed by atoms with Gasteiger partial charge in [-0.25, -0.2) is 13.4 Å². The van der Waals surface area contributed by atoms with Crippen molar-refractivity contribution in [2.45, 2.75) is 23.9 Å².